The lowest BCUT2D eigenvalue weighted by Gasteiger charge is -2.28. The molecule has 0 aliphatic rings. The predicted octanol–water partition coefficient (Wildman–Crippen LogP) is 2.29. The van der Waals surface area contributed by atoms with Crippen molar-refractivity contribution in [3.05, 3.63) is 70.7 Å². The molecule has 0 saturated heterocycles. The van der Waals surface area contributed by atoms with Crippen molar-refractivity contribution in [1.82, 2.24) is 5.32 Å². The smallest absolute Gasteiger partial charge is 0.249 e. The third-order valence-corrected chi connectivity index (χ3v) is 3.37. The fourth-order valence-corrected chi connectivity index (χ4v) is 2.17. The molecule has 3 N–H and O–H groups in total. The lowest BCUT2D eigenvalue weighted by Crippen LogP contribution is -2.51. The van der Waals surface area contributed by atoms with Gasteiger partial charge in [0.05, 0.1) is 0 Å². The van der Waals surface area contributed by atoms with E-state index in [-0.39, 0.29) is 5.91 Å². The van der Waals surface area contributed by atoms with Gasteiger partial charge in [0, 0.05) is 12.1 Å². The minimum absolute atomic E-state index is 0.263. The molecule has 2 aromatic carbocycles. The first kappa shape index (κ1) is 13.6. The molecule has 4 heteroatoms. The Labute approximate surface area is 117 Å². The van der Waals surface area contributed by atoms with Crippen LogP contribution in [0.1, 0.15) is 11.1 Å². The zero-order valence-corrected chi connectivity index (χ0v) is 11.3. The second kappa shape index (κ2) is 5.43. The topological polar surface area (TPSA) is 55.1 Å². The van der Waals surface area contributed by atoms with Crippen LogP contribution in [0.15, 0.2) is 54.6 Å². The van der Waals surface area contributed by atoms with E-state index in [0.29, 0.717) is 10.6 Å². The molecular weight excluding hydrogens is 260 g/mol. The number of likely N-dealkylation sites (N-methyl/N-ethyl adjacent to an activating group) is 1. The summed E-state index contributed by atoms with van der Waals surface area (Å²) in [5, 5.41) is 3.23. The molecule has 0 fully saturated rings. The number of hydrogen-bond donors (Lipinski definition) is 2. The zero-order chi connectivity index (χ0) is 13.9. The van der Waals surface area contributed by atoms with Gasteiger partial charge in [0.1, 0.15) is 5.54 Å². The van der Waals surface area contributed by atoms with Crippen molar-refractivity contribution in [2.45, 2.75) is 5.54 Å². The van der Waals surface area contributed by atoms with Gasteiger partial charge in [-0.15, -0.1) is 0 Å². The van der Waals surface area contributed by atoms with Gasteiger partial charge in [-0.05, 0) is 23.3 Å². The number of carbonyl (C=O) groups is 1. The van der Waals surface area contributed by atoms with Gasteiger partial charge in [-0.25, -0.2) is 0 Å². The Kier molecular flexibility index (Phi) is 3.88. The Bertz CT molecular complexity index is 568. The highest BCUT2D eigenvalue weighted by molar-refractivity contribution is 6.30. The first-order valence-corrected chi connectivity index (χ1v) is 6.29. The van der Waals surface area contributed by atoms with Gasteiger partial charge in [0.25, 0.3) is 0 Å². The van der Waals surface area contributed by atoms with E-state index in [4.69, 9.17) is 17.3 Å². The number of nitrogens with two attached hydrogens (primary N) is 1. The average molecular weight is 275 g/mol. The molecular formula is C15H15ClN2O. The Morgan fingerprint density at radius 3 is 2.11 bits per heavy atom. The summed E-state index contributed by atoms with van der Waals surface area (Å²) in [5.41, 5.74) is 6.60. The highest BCUT2D eigenvalue weighted by atomic mass is 35.5. The summed E-state index contributed by atoms with van der Waals surface area (Å²) in [6.07, 6.45) is 0. The van der Waals surface area contributed by atoms with Crippen molar-refractivity contribution >= 4 is 17.5 Å². The van der Waals surface area contributed by atoms with Crippen LogP contribution in [-0.4, -0.2) is 13.0 Å². The lowest BCUT2D eigenvalue weighted by molar-refractivity contribution is -0.124. The number of hydrogen-bond acceptors (Lipinski definition) is 2. The quantitative estimate of drug-likeness (QED) is 0.902. The lowest BCUT2D eigenvalue weighted by atomic mass is 9.83. The first-order valence-electron chi connectivity index (χ1n) is 5.91. The fourth-order valence-electron chi connectivity index (χ4n) is 2.04. The Hall–Kier alpha value is -1.84. The number of amides is 1. The van der Waals surface area contributed by atoms with E-state index in [1.165, 1.54) is 0 Å². The molecule has 2 aromatic rings. The summed E-state index contributed by atoms with van der Waals surface area (Å²) in [7, 11) is 1.57. The van der Waals surface area contributed by atoms with E-state index in [1.54, 1.807) is 31.3 Å². The maximum absolute atomic E-state index is 12.3. The molecule has 0 aromatic heterocycles. The molecule has 0 heterocycles. The van der Waals surface area contributed by atoms with Gasteiger partial charge in [-0.1, -0.05) is 54.1 Å². The van der Waals surface area contributed by atoms with Crippen molar-refractivity contribution < 1.29 is 4.79 Å². The van der Waals surface area contributed by atoms with Gasteiger partial charge < -0.3 is 11.1 Å². The SMILES string of the molecule is CNC(=O)[C@@](N)(c1ccccc1)c1ccc(Cl)cc1. The van der Waals surface area contributed by atoms with Gasteiger partial charge in [0.15, 0.2) is 0 Å². The molecule has 3 nitrogen and oxygen atoms in total. The maximum Gasteiger partial charge on any atom is 0.249 e. The van der Waals surface area contributed by atoms with Crippen LogP contribution in [0.25, 0.3) is 0 Å². The predicted molar refractivity (Wildman–Crippen MR) is 76.9 cm³/mol. The van der Waals surface area contributed by atoms with Crippen LogP contribution < -0.4 is 11.1 Å². The van der Waals surface area contributed by atoms with Crippen LogP contribution in [0.5, 0.6) is 0 Å². The summed E-state index contributed by atoms with van der Waals surface area (Å²) in [6, 6.07) is 16.3. The van der Waals surface area contributed by atoms with E-state index in [1.807, 2.05) is 30.3 Å². The third kappa shape index (κ3) is 2.48. The van der Waals surface area contributed by atoms with Crippen LogP contribution in [-0.2, 0) is 10.3 Å². The molecule has 0 aliphatic carbocycles. The number of rotatable bonds is 3. The first-order chi connectivity index (χ1) is 9.09. The minimum Gasteiger partial charge on any atom is -0.357 e. The van der Waals surface area contributed by atoms with Crippen LogP contribution in [0.3, 0.4) is 0 Å². The van der Waals surface area contributed by atoms with Crippen molar-refractivity contribution in [3.63, 3.8) is 0 Å². The normalized spacial score (nSPS) is 13.6. The Morgan fingerprint density at radius 1 is 1.05 bits per heavy atom. The van der Waals surface area contributed by atoms with Crippen LogP contribution in [0.4, 0.5) is 0 Å². The average Bonchev–Trinajstić information content (AvgIpc) is 2.47. The van der Waals surface area contributed by atoms with Crippen LogP contribution in [0.2, 0.25) is 5.02 Å². The number of halogens is 1. The Morgan fingerprint density at radius 2 is 1.58 bits per heavy atom. The van der Waals surface area contributed by atoms with Gasteiger partial charge in [-0.3, -0.25) is 4.79 Å². The summed E-state index contributed by atoms with van der Waals surface area (Å²) < 4.78 is 0. The van der Waals surface area contributed by atoms with Gasteiger partial charge >= 0.3 is 0 Å². The number of nitrogens with one attached hydrogen (secondary N) is 1. The monoisotopic (exact) mass is 274 g/mol. The third-order valence-electron chi connectivity index (χ3n) is 3.11. The fraction of sp³-hybridized carbons (Fsp3) is 0.133. The largest absolute Gasteiger partial charge is 0.357 e. The second-order valence-electron chi connectivity index (χ2n) is 4.26. The summed E-state index contributed by atoms with van der Waals surface area (Å²) >= 11 is 5.88. The molecule has 19 heavy (non-hydrogen) atoms. The zero-order valence-electron chi connectivity index (χ0n) is 10.6. The van der Waals surface area contributed by atoms with Crippen molar-refractivity contribution in [3.8, 4) is 0 Å². The maximum atomic E-state index is 12.3. The molecule has 0 saturated carbocycles. The van der Waals surface area contributed by atoms with E-state index >= 15 is 0 Å². The van der Waals surface area contributed by atoms with Crippen molar-refractivity contribution in [1.29, 1.82) is 0 Å². The molecule has 2 rings (SSSR count). The van der Waals surface area contributed by atoms with Crippen molar-refractivity contribution in [2.75, 3.05) is 7.05 Å². The van der Waals surface area contributed by atoms with E-state index in [0.717, 1.165) is 5.56 Å². The molecule has 0 unspecified atom stereocenters. The molecule has 1 atom stereocenters. The van der Waals surface area contributed by atoms with E-state index in [9.17, 15) is 4.79 Å². The highest BCUT2D eigenvalue weighted by Crippen LogP contribution is 2.28. The number of benzene rings is 2. The summed E-state index contributed by atoms with van der Waals surface area (Å²) in [5.74, 6) is -0.263. The molecule has 1 amide bonds. The van der Waals surface area contributed by atoms with E-state index < -0.39 is 5.54 Å². The van der Waals surface area contributed by atoms with Gasteiger partial charge in [-0.2, -0.15) is 0 Å². The Balaban J connectivity index is 2.58. The molecule has 0 radical (unpaired) electrons. The molecule has 0 bridgehead atoms. The number of carbonyl (C=O) groups excluding carboxylic acids is 1. The summed E-state index contributed by atoms with van der Waals surface area (Å²) in [4.78, 5) is 12.3. The molecule has 0 spiro atoms. The summed E-state index contributed by atoms with van der Waals surface area (Å²) in [6.45, 7) is 0. The van der Waals surface area contributed by atoms with Gasteiger partial charge in [0.2, 0.25) is 5.91 Å². The van der Waals surface area contributed by atoms with Crippen molar-refractivity contribution in [2.24, 2.45) is 5.73 Å². The second-order valence-corrected chi connectivity index (χ2v) is 4.70. The highest BCUT2D eigenvalue weighted by Gasteiger charge is 2.37. The molecule has 0 aliphatic heterocycles. The standard InChI is InChI=1S/C15H15ClN2O/c1-18-14(19)15(17,11-5-3-2-4-6-11)12-7-9-13(16)10-8-12/h2-10H,17H2,1H3,(H,18,19)/t15-/m1/s1. The van der Waals surface area contributed by atoms with E-state index in [2.05, 4.69) is 5.32 Å². The minimum atomic E-state index is -1.22. The van der Waals surface area contributed by atoms with Crippen LogP contribution >= 0.6 is 11.6 Å². The van der Waals surface area contributed by atoms with Crippen LogP contribution in [0, 0.1) is 0 Å². The molecule has 98 valence electrons.